The molecule has 0 saturated heterocycles. The number of hydrogen-bond donors (Lipinski definition) is 2. The minimum absolute atomic E-state index is 0.105. The molecule has 25 heavy (non-hydrogen) atoms. The van der Waals surface area contributed by atoms with Crippen LogP contribution in [0.1, 0.15) is 45.0 Å². The molecular weight excluding hydrogens is 336 g/mol. The Morgan fingerprint density at radius 1 is 1.28 bits per heavy atom. The van der Waals surface area contributed by atoms with Crippen molar-refractivity contribution >= 4 is 17.5 Å². The van der Waals surface area contributed by atoms with E-state index < -0.39 is 0 Å². The molecule has 5 heteroatoms. The largest absolute Gasteiger partial charge is 0.506 e. The van der Waals surface area contributed by atoms with E-state index in [0.29, 0.717) is 16.6 Å². The summed E-state index contributed by atoms with van der Waals surface area (Å²) < 4.78 is 0. The van der Waals surface area contributed by atoms with Crippen LogP contribution in [0.5, 0.6) is 5.75 Å². The minimum Gasteiger partial charge on any atom is -0.506 e. The summed E-state index contributed by atoms with van der Waals surface area (Å²) in [7, 11) is 2.15. The molecule has 4 rings (SSSR count). The van der Waals surface area contributed by atoms with Crippen molar-refractivity contribution in [3.8, 4) is 5.75 Å². The Bertz CT molecular complexity index is 865. The highest BCUT2D eigenvalue weighted by Gasteiger charge is 2.37. The van der Waals surface area contributed by atoms with E-state index in [1.54, 1.807) is 6.07 Å². The molecule has 0 spiro atoms. The van der Waals surface area contributed by atoms with Gasteiger partial charge in [-0.05, 0) is 66.8 Å². The molecule has 2 atom stereocenters. The molecule has 0 saturated carbocycles. The summed E-state index contributed by atoms with van der Waals surface area (Å²) in [5.41, 5.74) is 10.7. The predicted octanol–water partition coefficient (Wildman–Crippen LogP) is 3.08. The van der Waals surface area contributed by atoms with Crippen LogP contribution in [0.3, 0.4) is 0 Å². The standard InChI is InChI=1S/C20H21ClN2O2/c1-23-8-7-11-9-16(21)18(24)10-15(11)19-13-3-2-4-14(20(22)25)12(13)5-6-17(19)23/h2-4,9-10,17,19,24H,5-8H2,1H3,(H2,22,25)/t17-,19?/m0/s1. The fraction of sp³-hybridized carbons (Fsp3) is 0.350. The average Bonchev–Trinajstić information content (AvgIpc) is 2.72. The van der Waals surface area contributed by atoms with Crippen LogP contribution in [0.15, 0.2) is 30.3 Å². The Morgan fingerprint density at radius 3 is 2.84 bits per heavy atom. The number of carbonyl (C=O) groups excluding carboxylic acids is 1. The topological polar surface area (TPSA) is 66.6 Å². The molecule has 1 amide bonds. The number of rotatable bonds is 1. The number of amides is 1. The maximum atomic E-state index is 11.9. The Morgan fingerprint density at radius 2 is 2.08 bits per heavy atom. The molecule has 0 bridgehead atoms. The monoisotopic (exact) mass is 356 g/mol. The van der Waals surface area contributed by atoms with Crippen molar-refractivity contribution in [3.63, 3.8) is 0 Å². The van der Waals surface area contributed by atoms with Gasteiger partial charge in [-0.1, -0.05) is 23.7 Å². The number of nitrogens with zero attached hydrogens (tertiary/aromatic N) is 1. The van der Waals surface area contributed by atoms with E-state index in [1.807, 2.05) is 18.2 Å². The van der Waals surface area contributed by atoms with E-state index in [-0.39, 0.29) is 17.6 Å². The molecule has 2 aromatic carbocycles. The molecule has 4 nitrogen and oxygen atoms in total. The maximum Gasteiger partial charge on any atom is 0.248 e. The van der Waals surface area contributed by atoms with Crippen molar-refractivity contribution in [1.82, 2.24) is 4.90 Å². The second kappa shape index (κ2) is 6.04. The number of likely N-dealkylation sites (N-methyl/N-ethyl adjacent to an activating group) is 1. The fourth-order valence-electron chi connectivity index (χ4n) is 4.51. The molecular formula is C20H21ClN2O2. The normalized spacial score (nSPS) is 22.5. The van der Waals surface area contributed by atoms with Crippen LogP contribution in [0.2, 0.25) is 5.02 Å². The number of nitrogens with two attached hydrogens (primary N) is 1. The van der Waals surface area contributed by atoms with Gasteiger partial charge in [-0.25, -0.2) is 0 Å². The van der Waals surface area contributed by atoms with Gasteiger partial charge in [0.05, 0.1) is 5.02 Å². The first kappa shape index (κ1) is 16.4. The van der Waals surface area contributed by atoms with E-state index in [9.17, 15) is 9.90 Å². The molecule has 0 fully saturated rings. The molecule has 0 aromatic heterocycles. The zero-order chi connectivity index (χ0) is 17.7. The molecule has 1 aliphatic carbocycles. The summed E-state index contributed by atoms with van der Waals surface area (Å²) in [6, 6.07) is 9.82. The van der Waals surface area contributed by atoms with E-state index >= 15 is 0 Å². The first-order chi connectivity index (χ1) is 12.0. The number of phenolic OH excluding ortho intramolecular Hbond substituents is 1. The highest BCUT2D eigenvalue weighted by molar-refractivity contribution is 6.32. The van der Waals surface area contributed by atoms with Crippen LogP contribution in [-0.2, 0) is 12.8 Å². The number of aromatic hydroxyl groups is 1. The minimum atomic E-state index is -0.378. The Labute approximate surface area is 152 Å². The number of hydrogen-bond acceptors (Lipinski definition) is 3. The number of fused-ring (bicyclic) bond motifs is 5. The Hall–Kier alpha value is -2.04. The molecule has 130 valence electrons. The van der Waals surface area contributed by atoms with Gasteiger partial charge in [0, 0.05) is 24.1 Å². The maximum absolute atomic E-state index is 11.9. The van der Waals surface area contributed by atoms with Crippen molar-refractivity contribution in [2.75, 3.05) is 13.6 Å². The Balaban J connectivity index is 1.96. The summed E-state index contributed by atoms with van der Waals surface area (Å²) in [6.45, 7) is 0.945. The summed E-state index contributed by atoms with van der Waals surface area (Å²) in [6.07, 6.45) is 2.69. The van der Waals surface area contributed by atoms with E-state index in [1.165, 1.54) is 5.56 Å². The summed E-state index contributed by atoms with van der Waals surface area (Å²) >= 11 is 6.15. The van der Waals surface area contributed by atoms with Gasteiger partial charge in [0.15, 0.2) is 0 Å². The molecule has 3 N–H and O–H groups in total. The van der Waals surface area contributed by atoms with Crippen LogP contribution in [0.4, 0.5) is 0 Å². The van der Waals surface area contributed by atoms with E-state index in [2.05, 4.69) is 18.0 Å². The van der Waals surface area contributed by atoms with Gasteiger partial charge >= 0.3 is 0 Å². The van der Waals surface area contributed by atoms with Crippen molar-refractivity contribution in [2.45, 2.75) is 31.2 Å². The smallest absolute Gasteiger partial charge is 0.248 e. The van der Waals surface area contributed by atoms with Crippen molar-refractivity contribution in [1.29, 1.82) is 0 Å². The summed E-state index contributed by atoms with van der Waals surface area (Å²) in [5.74, 6) is -0.160. The number of primary amides is 1. The second-order valence-corrected chi connectivity index (χ2v) is 7.46. The molecule has 2 aromatic rings. The van der Waals surface area contributed by atoms with Crippen molar-refractivity contribution < 1.29 is 9.90 Å². The van der Waals surface area contributed by atoms with Crippen LogP contribution in [0, 0.1) is 0 Å². The number of halogens is 1. The molecule has 2 aliphatic rings. The third-order valence-electron chi connectivity index (χ3n) is 5.73. The van der Waals surface area contributed by atoms with Gasteiger partial charge in [-0.3, -0.25) is 4.79 Å². The molecule has 1 unspecified atom stereocenters. The summed E-state index contributed by atoms with van der Waals surface area (Å²) in [5, 5.41) is 10.6. The molecule has 0 radical (unpaired) electrons. The third kappa shape index (κ3) is 2.60. The summed E-state index contributed by atoms with van der Waals surface area (Å²) in [4.78, 5) is 14.2. The lowest BCUT2D eigenvalue weighted by Crippen LogP contribution is -2.40. The van der Waals surface area contributed by atoms with Crippen molar-refractivity contribution in [3.05, 3.63) is 63.2 Å². The van der Waals surface area contributed by atoms with E-state index in [4.69, 9.17) is 17.3 Å². The third-order valence-corrected chi connectivity index (χ3v) is 6.03. The Kier molecular flexibility index (Phi) is 3.97. The van der Waals surface area contributed by atoms with Gasteiger partial charge in [-0.2, -0.15) is 0 Å². The van der Waals surface area contributed by atoms with Gasteiger partial charge < -0.3 is 15.7 Å². The molecule has 1 aliphatic heterocycles. The zero-order valence-corrected chi connectivity index (χ0v) is 14.9. The van der Waals surface area contributed by atoms with Gasteiger partial charge in [0.1, 0.15) is 5.75 Å². The average molecular weight is 357 g/mol. The number of carbonyl (C=O) groups is 1. The number of benzene rings is 2. The predicted molar refractivity (Wildman–Crippen MR) is 98.4 cm³/mol. The number of phenols is 1. The molecule has 1 heterocycles. The zero-order valence-electron chi connectivity index (χ0n) is 14.1. The fourth-order valence-corrected chi connectivity index (χ4v) is 4.70. The lowest BCUT2D eigenvalue weighted by atomic mass is 9.73. The van der Waals surface area contributed by atoms with Gasteiger partial charge in [0.25, 0.3) is 0 Å². The van der Waals surface area contributed by atoms with Gasteiger partial charge in [-0.15, -0.1) is 0 Å². The first-order valence-corrected chi connectivity index (χ1v) is 8.98. The lowest BCUT2D eigenvalue weighted by molar-refractivity contribution is 0.0998. The van der Waals surface area contributed by atoms with E-state index in [0.717, 1.165) is 42.5 Å². The van der Waals surface area contributed by atoms with Gasteiger partial charge in [0.2, 0.25) is 5.91 Å². The highest BCUT2D eigenvalue weighted by atomic mass is 35.5. The van der Waals surface area contributed by atoms with Crippen molar-refractivity contribution in [2.24, 2.45) is 5.73 Å². The second-order valence-electron chi connectivity index (χ2n) is 7.05. The van der Waals surface area contributed by atoms with Crippen LogP contribution >= 0.6 is 11.6 Å². The van der Waals surface area contributed by atoms with Crippen LogP contribution in [-0.4, -0.2) is 35.5 Å². The van der Waals surface area contributed by atoms with Crippen LogP contribution < -0.4 is 5.73 Å². The lowest BCUT2D eigenvalue weighted by Gasteiger charge is -2.38. The van der Waals surface area contributed by atoms with Crippen LogP contribution in [0.25, 0.3) is 0 Å². The highest BCUT2D eigenvalue weighted by Crippen LogP contribution is 2.45. The SMILES string of the molecule is CN1CCc2cc(Cl)c(O)cc2C2c3cccc(C(N)=O)c3CC[C@@H]21. The quantitative estimate of drug-likeness (QED) is 0.825. The first-order valence-electron chi connectivity index (χ1n) is 8.60.